The monoisotopic (exact) mass is 342 g/mol. The molecule has 0 radical (unpaired) electrons. The summed E-state index contributed by atoms with van der Waals surface area (Å²) < 4.78 is 2.64. The molecule has 2 rings (SSSR count). The van der Waals surface area contributed by atoms with Crippen molar-refractivity contribution in [2.24, 2.45) is 7.05 Å². The van der Waals surface area contributed by atoms with Gasteiger partial charge < -0.3 is 9.80 Å². The fourth-order valence-electron chi connectivity index (χ4n) is 2.37. The number of rotatable bonds is 3. The largest absolute Gasteiger partial charge is 0.330 e. The summed E-state index contributed by atoms with van der Waals surface area (Å²) in [6.07, 6.45) is 0. The van der Waals surface area contributed by atoms with Crippen LogP contribution in [0.4, 0.5) is 0 Å². The summed E-state index contributed by atoms with van der Waals surface area (Å²) in [6.45, 7) is 7.27. The summed E-state index contributed by atoms with van der Waals surface area (Å²) in [5.74, 6) is -0.850. The van der Waals surface area contributed by atoms with Crippen molar-refractivity contribution in [2.45, 2.75) is 33.4 Å². The first-order valence-electron chi connectivity index (χ1n) is 6.60. The lowest BCUT2D eigenvalue weighted by molar-refractivity contribution is -0.157. The van der Waals surface area contributed by atoms with Crippen LogP contribution in [-0.4, -0.2) is 50.5 Å². The number of nitrogens with zero attached hydrogens (tertiary/aromatic N) is 4. The zero-order valence-electron chi connectivity index (χ0n) is 12.2. The molecule has 0 unspecified atom stereocenters. The van der Waals surface area contributed by atoms with Crippen LogP contribution in [0.15, 0.2) is 4.47 Å². The van der Waals surface area contributed by atoms with E-state index in [4.69, 9.17) is 0 Å². The molecule has 0 N–H and O–H groups in total. The van der Waals surface area contributed by atoms with Crippen molar-refractivity contribution in [3.05, 3.63) is 15.9 Å². The number of carbonyl (C=O) groups is 2. The highest BCUT2D eigenvalue weighted by atomic mass is 79.9. The molecule has 0 bridgehead atoms. The second-order valence-electron chi connectivity index (χ2n) is 5.29. The van der Waals surface area contributed by atoms with Crippen molar-refractivity contribution < 1.29 is 9.59 Å². The third kappa shape index (κ3) is 2.59. The van der Waals surface area contributed by atoms with E-state index in [0.717, 1.165) is 15.9 Å². The summed E-state index contributed by atoms with van der Waals surface area (Å²) in [7, 11) is 1.84. The van der Waals surface area contributed by atoms with Crippen LogP contribution in [0.1, 0.15) is 25.2 Å². The topological polar surface area (TPSA) is 58.4 Å². The summed E-state index contributed by atoms with van der Waals surface area (Å²) in [4.78, 5) is 27.4. The average Bonchev–Trinajstić information content (AvgIpc) is 2.61. The van der Waals surface area contributed by atoms with Crippen LogP contribution in [0, 0.1) is 6.92 Å². The molecule has 1 aliphatic heterocycles. The first-order valence-corrected chi connectivity index (χ1v) is 7.40. The molecule has 1 fully saturated rings. The van der Waals surface area contributed by atoms with E-state index >= 15 is 0 Å². The molecular weight excluding hydrogens is 324 g/mol. The Labute approximate surface area is 126 Å². The molecule has 1 aromatic heterocycles. The molecule has 1 saturated heterocycles. The van der Waals surface area contributed by atoms with Gasteiger partial charge >= 0.3 is 11.8 Å². The number of hydrogen-bond acceptors (Lipinski definition) is 3. The summed E-state index contributed by atoms with van der Waals surface area (Å²) in [6, 6.07) is 0.0549. The zero-order valence-corrected chi connectivity index (χ0v) is 13.8. The molecule has 6 nitrogen and oxygen atoms in total. The van der Waals surface area contributed by atoms with Gasteiger partial charge in [0.2, 0.25) is 0 Å². The number of carbonyl (C=O) groups excluding carboxylic acids is 2. The lowest BCUT2D eigenvalue weighted by Crippen LogP contribution is -2.56. The lowest BCUT2D eigenvalue weighted by atomic mass is 10.2. The maximum Gasteiger partial charge on any atom is 0.312 e. The highest BCUT2D eigenvalue weighted by Crippen LogP contribution is 2.22. The van der Waals surface area contributed by atoms with Gasteiger partial charge in [0, 0.05) is 26.2 Å². The molecule has 0 atom stereocenters. The van der Waals surface area contributed by atoms with Crippen molar-refractivity contribution in [1.82, 2.24) is 19.6 Å². The van der Waals surface area contributed by atoms with Crippen molar-refractivity contribution in [3.63, 3.8) is 0 Å². The van der Waals surface area contributed by atoms with Crippen LogP contribution in [0.25, 0.3) is 0 Å². The highest BCUT2D eigenvalue weighted by molar-refractivity contribution is 9.10. The van der Waals surface area contributed by atoms with E-state index in [1.54, 1.807) is 14.5 Å². The zero-order chi connectivity index (χ0) is 15.0. The number of hydrogen-bond donors (Lipinski definition) is 0. The first kappa shape index (κ1) is 15.0. The van der Waals surface area contributed by atoms with Crippen molar-refractivity contribution in [3.8, 4) is 0 Å². The maximum atomic E-state index is 12.2. The summed E-state index contributed by atoms with van der Waals surface area (Å²) in [5, 5.41) is 4.30. The van der Waals surface area contributed by atoms with Gasteiger partial charge in [0.1, 0.15) is 0 Å². The number of aromatic nitrogens is 2. The second kappa shape index (κ2) is 5.55. The van der Waals surface area contributed by atoms with Crippen LogP contribution < -0.4 is 0 Å². The Morgan fingerprint density at radius 2 is 1.90 bits per heavy atom. The quantitative estimate of drug-likeness (QED) is 0.772. The van der Waals surface area contributed by atoms with Gasteiger partial charge in [-0.2, -0.15) is 5.10 Å². The molecule has 2 heterocycles. The van der Waals surface area contributed by atoms with Gasteiger partial charge in [-0.25, -0.2) is 0 Å². The third-order valence-corrected chi connectivity index (χ3v) is 4.60. The summed E-state index contributed by atoms with van der Waals surface area (Å²) in [5.41, 5.74) is 1.78. The van der Waals surface area contributed by atoms with Gasteiger partial charge in [0.05, 0.1) is 22.4 Å². The van der Waals surface area contributed by atoms with E-state index < -0.39 is 11.8 Å². The second-order valence-corrected chi connectivity index (χ2v) is 6.08. The van der Waals surface area contributed by atoms with Gasteiger partial charge in [-0.05, 0) is 36.7 Å². The Morgan fingerprint density at radius 3 is 2.40 bits per heavy atom. The molecule has 110 valence electrons. The molecule has 0 saturated carbocycles. The standard InChI is InChI=1S/C13H19BrN4O2/c1-8(2)18-6-5-17(12(19)13(18)20)7-10-11(14)9(3)15-16(10)4/h8H,5-7H2,1-4H3. The minimum Gasteiger partial charge on any atom is -0.330 e. The Bertz CT molecular complexity index is 553. The fourth-order valence-corrected chi connectivity index (χ4v) is 2.83. The molecule has 0 spiro atoms. The number of aryl methyl sites for hydroxylation is 2. The number of halogens is 1. The van der Waals surface area contributed by atoms with Gasteiger partial charge in [0.25, 0.3) is 0 Å². The van der Waals surface area contributed by atoms with Gasteiger partial charge in [-0.1, -0.05) is 0 Å². The van der Waals surface area contributed by atoms with Crippen LogP contribution >= 0.6 is 15.9 Å². The Kier molecular flexibility index (Phi) is 4.17. The molecule has 20 heavy (non-hydrogen) atoms. The molecule has 2 amide bonds. The van der Waals surface area contributed by atoms with Crippen molar-refractivity contribution in [2.75, 3.05) is 13.1 Å². The van der Waals surface area contributed by atoms with E-state index in [9.17, 15) is 9.59 Å². The smallest absolute Gasteiger partial charge is 0.312 e. The van der Waals surface area contributed by atoms with Crippen LogP contribution in [0.3, 0.4) is 0 Å². The molecule has 1 aromatic rings. The van der Waals surface area contributed by atoms with E-state index in [-0.39, 0.29) is 6.04 Å². The van der Waals surface area contributed by atoms with Gasteiger partial charge in [-0.15, -0.1) is 0 Å². The maximum absolute atomic E-state index is 12.2. The van der Waals surface area contributed by atoms with Crippen molar-refractivity contribution >= 4 is 27.7 Å². The number of amides is 2. The minimum absolute atomic E-state index is 0.0549. The predicted molar refractivity (Wildman–Crippen MR) is 77.9 cm³/mol. The fraction of sp³-hybridized carbons (Fsp3) is 0.615. The SMILES string of the molecule is Cc1nn(C)c(CN2CCN(C(C)C)C(=O)C2=O)c1Br. The van der Waals surface area contributed by atoms with Crippen LogP contribution in [0.2, 0.25) is 0 Å². The van der Waals surface area contributed by atoms with E-state index in [1.165, 1.54) is 0 Å². The normalized spacial score (nSPS) is 16.5. The molecule has 0 aliphatic carbocycles. The predicted octanol–water partition coefficient (Wildman–Crippen LogP) is 1.07. The number of piperazine rings is 1. The Hall–Kier alpha value is -1.37. The molecule has 0 aromatic carbocycles. The van der Waals surface area contributed by atoms with Gasteiger partial charge in [0.15, 0.2) is 0 Å². The lowest BCUT2D eigenvalue weighted by Gasteiger charge is -2.36. The van der Waals surface area contributed by atoms with E-state index in [0.29, 0.717) is 19.6 Å². The average molecular weight is 343 g/mol. The highest BCUT2D eigenvalue weighted by Gasteiger charge is 2.34. The molecular formula is C13H19BrN4O2. The van der Waals surface area contributed by atoms with Gasteiger partial charge in [-0.3, -0.25) is 14.3 Å². The summed E-state index contributed by atoms with van der Waals surface area (Å²) >= 11 is 3.48. The van der Waals surface area contributed by atoms with E-state index in [1.807, 2.05) is 27.8 Å². The molecule has 7 heteroatoms. The van der Waals surface area contributed by atoms with E-state index in [2.05, 4.69) is 21.0 Å². The minimum atomic E-state index is -0.435. The Balaban J connectivity index is 2.16. The van der Waals surface area contributed by atoms with Crippen LogP contribution in [-0.2, 0) is 23.2 Å². The van der Waals surface area contributed by atoms with Crippen LogP contribution in [0.5, 0.6) is 0 Å². The first-order chi connectivity index (χ1) is 9.32. The Morgan fingerprint density at radius 1 is 1.25 bits per heavy atom. The molecule has 1 aliphatic rings. The van der Waals surface area contributed by atoms with Crippen molar-refractivity contribution in [1.29, 1.82) is 0 Å². The third-order valence-electron chi connectivity index (χ3n) is 3.57.